The summed E-state index contributed by atoms with van der Waals surface area (Å²) in [4.78, 5) is 36.3. The number of ether oxygens (including phenoxy) is 1. The van der Waals surface area contributed by atoms with Crippen LogP contribution in [0.1, 0.15) is 45.5 Å². The van der Waals surface area contributed by atoms with Crippen LogP contribution in [0.5, 0.6) is 5.75 Å². The van der Waals surface area contributed by atoms with E-state index < -0.39 is 0 Å². The second kappa shape index (κ2) is 11.7. The van der Waals surface area contributed by atoms with Crippen LogP contribution in [0.2, 0.25) is 0 Å². The number of amides is 3. The maximum absolute atomic E-state index is 12.4. The summed E-state index contributed by atoms with van der Waals surface area (Å²) < 4.78 is 5.13. The van der Waals surface area contributed by atoms with E-state index in [2.05, 4.69) is 26.1 Å². The van der Waals surface area contributed by atoms with Gasteiger partial charge in [0.25, 0.3) is 11.8 Å². The molecular weight excluding hydrogens is 442 g/mol. The molecule has 3 rings (SSSR count). The Balaban J connectivity index is 1.47. The number of hydrogen-bond donors (Lipinski definition) is 3. The highest BCUT2D eigenvalue weighted by molar-refractivity contribution is 7.15. The van der Waals surface area contributed by atoms with Crippen LogP contribution in [-0.2, 0) is 11.2 Å². The summed E-state index contributed by atoms with van der Waals surface area (Å²) >= 11 is 1.24. The summed E-state index contributed by atoms with van der Waals surface area (Å²) in [6.45, 7) is 2.31. The summed E-state index contributed by atoms with van der Waals surface area (Å²) in [5.74, 6) is 0.0237. The lowest BCUT2D eigenvalue weighted by atomic mass is 10.2. The Bertz CT molecular complexity index is 1110. The van der Waals surface area contributed by atoms with E-state index in [-0.39, 0.29) is 17.7 Å². The lowest BCUT2D eigenvalue weighted by Gasteiger charge is -2.06. The molecule has 10 heteroatoms. The van der Waals surface area contributed by atoms with Crippen molar-refractivity contribution in [3.8, 4) is 5.75 Å². The summed E-state index contributed by atoms with van der Waals surface area (Å²) in [5.41, 5.74) is 1.58. The number of rotatable bonds is 10. The summed E-state index contributed by atoms with van der Waals surface area (Å²) in [6, 6.07) is 13.5. The monoisotopic (exact) mass is 467 g/mol. The zero-order valence-corrected chi connectivity index (χ0v) is 19.2. The number of benzene rings is 2. The minimum absolute atomic E-state index is 0.0595. The van der Waals surface area contributed by atoms with E-state index in [0.29, 0.717) is 52.1 Å². The van der Waals surface area contributed by atoms with Crippen molar-refractivity contribution in [3.05, 3.63) is 64.7 Å². The zero-order valence-electron chi connectivity index (χ0n) is 18.4. The number of nitrogens with one attached hydrogen (secondary N) is 3. The van der Waals surface area contributed by atoms with Crippen molar-refractivity contribution in [1.82, 2.24) is 15.5 Å². The fourth-order valence-corrected chi connectivity index (χ4v) is 3.61. The normalized spacial score (nSPS) is 10.4. The zero-order chi connectivity index (χ0) is 23.6. The fraction of sp³-hybridized carbons (Fsp3) is 0.261. The van der Waals surface area contributed by atoms with Crippen LogP contribution in [0.4, 0.5) is 10.8 Å². The highest BCUT2D eigenvalue weighted by Crippen LogP contribution is 2.18. The predicted molar refractivity (Wildman–Crippen MR) is 127 cm³/mol. The van der Waals surface area contributed by atoms with Crippen LogP contribution in [0, 0.1) is 0 Å². The summed E-state index contributed by atoms with van der Waals surface area (Å²) in [6.07, 6.45) is 1.70. The Hall–Kier alpha value is -3.79. The maximum Gasteiger partial charge on any atom is 0.257 e. The molecule has 3 N–H and O–H groups in total. The van der Waals surface area contributed by atoms with Crippen LogP contribution in [0.3, 0.4) is 0 Å². The van der Waals surface area contributed by atoms with Gasteiger partial charge in [0.1, 0.15) is 10.8 Å². The SMILES string of the molecule is CCCC(=O)Nc1ccc(C(=O)Nc2nnc(CCNC(=O)c3cccc(OC)c3)s2)cc1. The van der Waals surface area contributed by atoms with Gasteiger partial charge in [0.05, 0.1) is 7.11 Å². The number of anilines is 2. The van der Waals surface area contributed by atoms with E-state index in [1.807, 2.05) is 6.92 Å². The molecule has 0 unspecified atom stereocenters. The molecule has 2 aromatic carbocycles. The minimum atomic E-state index is -0.324. The quantitative estimate of drug-likeness (QED) is 0.419. The Morgan fingerprint density at radius 1 is 0.970 bits per heavy atom. The van der Waals surface area contributed by atoms with Crippen molar-refractivity contribution in [1.29, 1.82) is 0 Å². The van der Waals surface area contributed by atoms with Gasteiger partial charge in [0.2, 0.25) is 11.0 Å². The van der Waals surface area contributed by atoms with Crippen molar-refractivity contribution in [3.63, 3.8) is 0 Å². The smallest absolute Gasteiger partial charge is 0.257 e. The van der Waals surface area contributed by atoms with Gasteiger partial charge >= 0.3 is 0 Å². The highest BCUT2D eigenvalue weighted by atomic mass is 32.1. The molecule has 9 nitrogen and oxygen atoms in total. The van der Waals surface area contributed by atoms with Crippen LogP contribution in [-0.4, -0.2) is 41.6 Å². The first-order valence-electron chi connectivity index (χ1n) is 10.4. The summed E-state index contributed by atoms with van der Waals surface area (Å²) in [7, 11) is 1.55. The first-order valence-corrected chi connectivity index (χ1v) is 11.3. The largest absolute Gasteiger partial charge is 0.497 e. The standard InChI is InChI=1S/C23H25N5O4S/c1-3-5-19(29)25-17-10-8-15(9-11-17)22(31)26-23-28-27-20(33-23)12-13-24-21(30)16-6-4-7-18(14-16)32-2/h4,6-11,14H,3,5,12-13H2,1-2H3,(H,24,30)(H,25,29)(H,26,28,31). The van der Waals surface area contributed by atoms with Crippen molar-refractivity contribution in [2.24, 2.45) is 0 Å². The molecule has 1 heterocycles. The number of carbonyl (C=O) groups excluding carboxylic acids is 3. The summed E-state index contributed by atoms with van der Waals surface area (Å²) in [5, 5.41) is 17.4. The van der Waals surface area contributed by atoms with E-state index in [1.54, 1.807) is 55.6 Å². The lowest BCUT2D eigenvalue weighted by Crippen LogP contribution is -2.25. The van der Waals surface area contributed by atoms with Gasteiger partial charge in [0.15, 0.2) is 0 Å². The minimum Gasteiger partial charge on any atom is -0.497 e. The average molecular weight is 468 g/mol. The third-order valence-corrected chi connectivity index (χ3v) is 5.45. The third kappa shape index (κ3) is 7.11. The van der Waals surface area contributed by atoms with Gasteiger partial charge in [-0.1, -0.05) is 24.3 Å². The molecule has 0 atom stereocenters. The van der Waals surface area contributed by atoms with Crippen LogP contribution in [0.15, 0.2) is 48.5 Å². The van der Waals surface area contributed by atoms with Gasteiger partial charge in [-0.3, -0.25) is 19.7 Å². The molecule has 33 heavy (non-hydrogen) atoms. The molecule has 3 aromatic rings. The molecule has 3 amide bonds. The Labute approximate surface area is 195 Å². The molecule has 0 fully saturated rings. The molecule has 0 radical (unpaired) electrons. The molecular formula is C23H25N5O4S. The lowest BCUT2D eigenvalue weighted by molar-refractivity contribution is -0.116. The predicted octanol–water partition coefficient (Wildman–Crippen LogP) is 3.51. The van der Waals surface area contributed by atoms with Crippen molar-refractivity contribution >= 4 is 39.9 Å². The Kier molecular flexibility index (Phi) is 8.48. The van der Waals surface area contributed by atoms with Crippen molar-refractivity contribution < 1.29 is 19.1 Å². The number of aromatic nitrogens is 2. The molecule has 1 aromatic heterocycles. The molecule has 0 aliphatic carbocycles. The first kappa shape index (κ1) is 23.9. The van der Waals surface area contributed by atoms with Gasteiger partial charge in [-0.2, -0.15) is 0 Å². The third-order valence-electron chi connectivity index (χ3n) is 4.55. The van der Waals surface area contributed by atoms with Crippen LogP contribution in [0.25, 0.3) is 0 Å². The van der Waals surface area contributed by atoms with Gasteiger partial charge in [-0.05, 0) is 48.9 Å². The van der Waals surface area contributed by atoms with Crippen LogP contribution < -0.4 is 20.7 Å². The number of carbonyl (C=O) groups is 3. The molecule has 0 aliphatic rings. The van der Waals surface area contributed by atoms with Gasteiger partial charge in [-0.15, -0.1) is 10.2 Å². The highest BCUT2D eigenvalue weighted by Gasteiger charge is 2.12. The van der Waals surface area contributed by atoms with Gasteiger partial charge in [-0.25, -0.2) is 0 Å². The number of methoxy groups -OCH3 is 1. The molecule has 0 saturated heterocycles. The number of hydrogen-bond acceptors (Lipinski definition) is 7. The Morgan fingerprint density at radius 3 is 2.48 bits per heavy atom. The van der Waals surface area contributed by atoms with Crippen LogP contribution >= 0.6 is 11.3 Å². The van der Waals surface area contributed by atoms with E-state index >= 15 is 0 Å². The van der Waals surface area contributed by atoms with Crippen molar-refractivity contribution in [2.75, 3.05) is 24.3 Å². The fourth-order valence-electron chi connectivity index (χ4n) is 2.88. The van der Waals surface area contributed by atoms with Gasteiger partial charge < -0.3 is 15.4 Å². The molecule has 0 saturated carbocycles. The Morgan fingerprint density at radius 2 is 1.76 bits per heavy atom. The molecule has 0 aliphatic heterocycles. The van der Waals surface area contributed by atoms with E-state index in [0.717, 1.165) is 6.42 Å². The van der Waals surface area contributed by atoms with E-state index in [1.165, 1.54) is 11.3 Å². The average Bonchev–Trinajstić information content (AvgIpc) is 3.26. The number of nitrogens with zero attached hydrogens (tertiary/aromatic N) is 2. The molecule has 0 bridgehead atoms. The second-order valence-corrected chi connectivity index (χ2v) is 8.13. The van der Waals surface area contributed by atoms with E-state index in [9.17, 15) is 14.4 Å². The molecule has 172 valence electrons. The van der Waals surface area contributed by atoms with Crippen molar-refractivity contribution in [2.45, 2.75) is 26.2 Å². The second-order valence-electron chi connectivity index (χ2n) is 7.07. The van der Waals surface area contributed by atoms with E-state index in [4.69, 9.17) is 4.74 Å². The first-order chi connectivity index (χ1) is 16.0. The molecule has 0 spiro atoms. The topological polar surface area (TPSA) is 122 Å². The maximum atomic E-state index is 12.4. The van der Waals surface area contributed by atoms with Gasteiger partial charge in [0, 0.05) is 36.2 Å².